The van der Waals surface area contributed by atoms with Crippen LogP contribution < -0.4 is 10.6 Å². The molecule has 0 saturated carbocycles. The van der Waals surface area contributed by atoms with Gasteiger partial charge in [-0.25, -0.2) is 4.79 Å². The van der Waals surface area contributed by atoms with Crippen LogP contribution in [0.2, 0.25) is 0 Å². The van der Waals surface area contributed by atoms with Crippen molar-refractivity contribution < 1.29 is 9.90 Å². The average molecular weight is 222 g/mol. The van der Waals surface area contributed by atoms with Crippen LogP contribution in [0.25, 0.3) is 0 Å². The van der Waals surface area contributed by atoms with Gasteiger partial charge in [0.15, 0.2) is 0 Å². The number of carboxylic acid groups (broad SMARTS) is 1. The van der Waals surface area contributed by atoms with E-state index in [0.717, 1.165) is 11.3 Å². The molecule has 0 bridgehead atoms. The number of likely N-dealkylation sites (N-methyl/N-ethyl adjacent to an activating group) is 1. The van der Waals surface area contributed by atoms with Crippen LogP contribution in [0.3, 0.4) is 0 Å². The normalized spacial score (nSPS) is 12.2. The molecule has 1 aromatic carbocycles. The SMILES string of the molecule is CCN(c1cccc(C)c1)C(CN)C(=O)O. The highest BCUT2D eigenvalue weighted by molar-refractivity contribution is 5.78. The minimum absolute atomic E-state index is 0.108. The van der Waals surface area contributed by atoms with Crippen molar-refractivity contribution in [3.8, 4) is 0 Å². The van der Waals surface area contributed by atoms with Crippen LogP contribution in [0.4, 0.5) is 5.69 Å². The van der Waals surface area contributed by atoms with Crippen LogP contribution in [0.15, 0.2) is 24.3 Å². The Morgan fingerprint density at radius 3 is 2.69 bits per heavy atom. The minimum Gasteiger partial charge on any atom is -0.480 e. The Labute approximate surface area is 95.7 Å². The first-order valence-corrected chi connectivity index (χ1v) is 5.36. The second-order valence-electron chi connectivity index (χ2n) is 3.71. The fourth-order valence-corrected chi connectivity index (χ4v) is 1.75. The van der Waals surface area contributed by atoms with Crippen molar-refractivity contribution in [2.24, 2.45) is 5.73 Å². The van der Waals surface area contributed by atoms with Gasteiger partial charge in [-0.05, 0) is 31.5 Å². The number of aryl methyl sites for hydroxylation is 1. The van der Waals surface area contributed by atoms with Crippen molar-refractivity contribution in [1.82, 2.24) is 0 Å². The zero-order chi connectivity index (χ0) is 12.1. The molecule has 0 aliphatic heterocycles. The largest absolute Gasteiger partial charge is 0.480 e. The molecule has 16 heavy (non-hydrogen) atoms. The molecule has 0 heterocycles. The summed E-state index contributed by atoms with van der Waals surface area (Å²) < 4.78 is 0. The van der Waals surface area contributed by atoms with Crippen molar-refractivity contribution in [2.75, 3.05) is 18.0 Å². The van der Waals surface area contributed by atoms with E-state index in [-0.39, 0.29) is 6.54 Å². The Morgan fingerprint density at radius 1 is 1.56 bits per heavy atom. The molecule has 0 aliphatic carbocycles. The number of carboxylic acids is 1. The molecule has 0 amide bonds. The Bertz CT molecular complexity index is 366. The van der Waals surface area contributed by atoms with Gasteiger partial charge in [0.1, 0.15) is 6.04 Å². The lowest BCUT2D eigenvalue weighted by Crippen LogP contribution is -2.46. The van der Waals surface area contributed by atoms with Crippen molar-refractivity contribution in [3.63, 3.8) is 0 Å². The number of carbonyl (C=O) groups is 1. The third-order valence-electron chi connectivity index (χ3n) is 2.56. The third-order valence-corrected chi connectivity index (χ3v) is 2.56. The first-order chi connectivity index (χ1) is 7.60. The smallest absolute Gasteiger partial charge is 0.327 e. The molecule has 0 saturated heterocycles. The number of benzene rings is 1. The third kappa shape index (κ3) is 2.73. The molecule has 1 atom stereocenters. The molecule has 1 unspecified atom stereocenters. The van der Waals surface area contributed by atoms with Gasteiger partial charge in [0, 0.05) is 18.8 Å². The first kappa shape index (κ1) is 12.5. The second-order valence-corrected chi connectivity index (χ2v) is 3.71. The topological polar surface area (TPSA) is 66.6 Å². The summed E-state index contributed by atoms with van der Waals surface area (Å²) >= 11 is 0. The van der Waals surface area contributed by atoms with E-state index in [2.05, 4.69) is 0 Å². The maximum atomic E-state index is 11.1. The standard InChI is InChI=1S/C12H18N2O2/c1-3-14(11(8-13)12(15)16)10-6-4-5-9(2)7-10/h4-7,11H,3,8,13H2,1-2H3,(H,15,16). The quantitative estimate of drug-likeness (QED) is 0.786. The number of anilines is 1. The highest BCUT2D eigenvalue weighted by Crippen LogP contribution is 2.18. The Morgan fingerprint density at radius 2 is 2.25 bits per heavy atom. The molecule has 0 spiro atoms. The molecular weight excluding hydrogens is 204 g/mol. The molecule has 4 heteroatoms. The Kier molecular flexibility index (Phi) is 4.31. The molecule has 0 radical (unpaired) electrons. The van der Waals surface area contributed by atoms with Crippen molar-refractivity contribution in [1.29, 1.82) is 0 Å². The lowest BCUT2D eigenvalue weighted by atomic mass is 10.1. The molecule has 4 nitrogen and oxygen atoms in total. The summed E-state index contributed by atoms with van der Waals surface area (Å²) in [4.78, 5) is 12.9. The molecule has 1 rings (SSSR count). The van der Waals surface area contributed by atoms with Crippen LogP contribution in [0.1, 0.15) is 12.5 Å². The summed E-state index contributed by atoms with van der Waals surface area (Å²) in [5, 5.41) is 9.08. The van der Waals surface area contributed by atoms with Gasteiger partial charge in [-0.1, -0.05) is 12.1 Å². The van der Waals surface area contributed by atoms with Crippen LogP contribution in [-0.2, 0) is 4.79 Å². The fourth-order valence-electron chi connectivity index (χ4n) is 1.75. The van der Waals surface area contributed by atoms with Crippen LogP contribution in [0.5, 0.6) is 0 Å². The number of nitrogens with zero attached hydrogens (tertiary/aromatic N) is 1. The van der Waals surface area contributed by atoms with E-state index >= 15 is 0 Å². The van der Waals surface area contributed by atoms with Gasteiger partial charge in [-0.2, -0.15) is 0 Å². The minimum atomic E-state index is -0.883. The predicted octanol–water partition coefficient (Wildman–Crippen LogP) is 1.23. The van der Waals surface area contributed by atoms with E-state index in [9.17, 15) is 4.79 Å². The average Bonchev–Trinajstić information content (AvgIpc) is 2.25. The predicted molar refractivity (Wildman–Crippen MR) is 64.7 cm³/mol. The lowest BCUT2D eigenvalue weighted by molar-refractivity contribution is -0.138. The zero-order valence-corrected chi connectivity index (χ0v) is 9.68. The highest BCUT2D eigenvalue weighted by Gasteiger charge is 2.22. The second kappa shape index (κ2) is 5.51. The van der Waals surface area contributed by atoms with E-state index in [4.69, 9.17) is 10.8 Å². The summed E-state index contributed by atoms with van der Waals surface area (Å²) in [6.07, 6.45) is 0. The molecule has 0 aliphatic rings. The summed E-state index contributed by atoms with van der Waals surface area (Å²) in [5.74, 6) is -0.883. The van der Waals surface area contributed by atoms with Crippen LogP contribution in [0, 0.1) is 6.92 Å². The molecule has 1 aromatic rings. The number of rotatable bonds is 5. The molecular formula is C12H18N2O2. The van der Waals surface area contributed by atoms with Crippen LogP contribution in [-0.4, -0.2) is 30.2 Å². The van der Waals surface area contributed by atoms with Crippen molar-refractivity contribution >= 4 is 11.7 Å². The van der Waals surface area contributed by atoms with E-state index in [1.54, 1.807) is 4.90 Å². The van der Waals surface area contributed by atoms with Gasteiger partial charge in [-0.15, -0.1) is 0 Å². The lowest BCUT2D eigenvalue weighted by Gasteiger charge is -2.29. The molecule has 3 N–H and O–H groups in total. The van der Waals surface area contributed by atoms with E-state index in [1.165, 1.54) is 0 Å². The zero-order valence-electron chi connectivity index (χ0n) is 9.68. The van der Waals surface area contributed by atoms with Crippen LogP contribution >= 0.6 is 0 Å². The Balaban J connectivity index is 3.01. The van der Waals surface area contributed by atoms with Gasteiger partial charge in [0.2, 0.25) is 0 Å². The molecule has 88 valence electrons. The van der Waals surface area contributed by atoms with E-state index in [1.807, 2.05) is 38.1 Å². The summed E-state index contributed by atoms with van der Waals surface area (Å²) in [7, 11) is 0. The number of aliphatic carboxylic acids is 1. The number of hydrogen-bond donors (Lipinski definition) is 2. The summed E-state index contributed by atoms with van der Waals surface area (Å²) in [6.45, 7) is 4.64. The maximum Gasteiger partial charge on any atom is 0.327 e. The van der Waals surface area contributed by atoms with Gasteiger partial charge < -0.3 is 15.7 Å². The van der Waals surface area contributed by atoms with E-state index in [0.29, 0.717) is 6.54 Å². The molecule has 0 aromatic heterocycles. The number of nitrogens with two attached hydrogens (primary N) is 1. The van der Waals surface area contributed by atoms with Crippen molar-refractivity contribution in [2.45, 2.75) is 19.9 Å². The number of hydrogen-bond acceptors (Lipinski definition) is 3. The van der Waals surface area contributed by atoms with Gasteiger partial charge in [0.05, 0.1) is 0 Å². The summed E-state index contributed by atoms with van der Waals surface area (Å²) in [5.41, 5.74) is 7.51. The van der Waals surface area contributed by atoms with Gasteiger partial charge >= 0.3 is 5.97 Å². The molecule has 0 fully saturated rings. The maximum absolute atomic E-state index is 11.1. The summed E-state index contributed by atoms with van der Waals surface area (Å²) in [6, 6.07) is 7.11. The van der Waals surface area contributed by atoms with E-state index < -0.39 is 12.0 Å². The van der Waals surface area contributed by atoms with Crippen molar-refractivity contribution in [3.05, 3.63) is 29.8 Å². The Hall–Kier alpha value is -1.55. The first-order valence-electron chi connectivity index (χ1n) is 5.36. The highest BCUT2D eigenvalue weighted by atomic mass is 16.4. The van der Waals surface area contributed by atoms with Gasteiger partial charge in [-0.3, -0.25) is 0 Å². The monoisotopic (exact) mass is 222 g/mol. The fraction of sp³-hybridized carbons (Fsp3) is 0.417. The van der Waals surface area contributed by atoms with Gasteiger partial charge in [0.25, 0.3) is 0 Å².